The lowest BCUT2D eigenvalue weighted by molar-refractivity contribution is -0.149. The van der Waals surface area contributed by atoms with Crippen molar-refractivity contribution in [1.29, 1.82) is 0 Å². The molecule has 2 nitrogen and oxygen atoms in total. The van der Waals surface area contributed by atoms with Crippen molar-refractivity contribution in [3.05, 3.63) is 35.9 Å². The van der Waals surface area contributed by atoms with Crippen LogP contribution in [0.4, 0.5) is 0 Å². The molecule has 1 N–H and O–H groups in total. The topological polar surface area (TPSA) is 29.5 Å². The van der Waals surface area contributed by atoms with Gasteiger partial charge in [-0.05, 0) is 47.9 Å². The summed E-state index contributed by atoms with van der Waals surface area (Å²) in [6.07, 6.45) is 2.18. The number of hydrogen-bond acceptors (Lipinski definition) is 2. The summed E-state index contributed by atoms with van der Waals surface area (Å²) in [5.74, 6) is 0.430. The van der Waals surface area contributed by atoms with Crippen molar-refractivity contribution in [3.8, 4) is 0 Å². The zero-order valence-corrected chi connectivity index (χ0v) is 17.9. The van der Waals surface area contributed by atoms with E-state index in [0.717, 1.165) is 30.1 Å². The maximum Gasteiger partial charge on any atom is 0.192 e. The molecule has 2 aliphatic carbocycles. The van der Waals surface area contributed by atoms with Gasteiger partial charge in [-0.3, -0.25) is 0 Å². The van der Waals surface area contributed by atoms with E-state index in [1.165, 1.54) is 6.42 Å². The Morgan fingerprint density at radius 2 is 1.60 bits per heavy atom. The standard InChI is InChI=1S/C22H36O2Si/c1-7-25(8-2,9-3)24-19-18-15-16-21(6,20(18,4)5)22(19,23)17-13-11-10-12-14-17/h10-14,18-19,23H,7-9,15-16H2,1-6H3/t18-,19-,21-,22+/m1/s1. The fourth-order valence-electron chi connectivity index (χ4n) is 5.96. The van der Waals surface area contributed by atoms with Crippen molar-refractivity contribution in [2.24, 2.45) is 16.7 Å². The molecule has 0 amide bonds. The second-order valence-corrected chi connectivity index (χ2v) is 13.8. The average molecular weight is 361 g/mol. The third kappa shape index (κ3) is 2.35. The van der Waals surface area contributed by atoms with E-state index in [2.05, 4.69) is 65.8 Å². The van der Waals surface area contributed by atoms with Gasteiger partial charge >= 0.3 is 0 Å². The van der Waals surface area contributed by atoms with Crippen molar-refractivity contribution in [3.63, 3.8) is 0 Å². The minimum atomic E-state index is -1.80. The predicted octanol–water partition coefficient (Wildman–Crippen LogP) is 5.72. The lowest BCUT2D eigenvalue weighted by Crippen LogP contribution is -2.55. The first-order valence-corrected chi connectivity index (χ1v) is 12.7. The number of benzene rings is 1. The molecule has 0 aliphatic heterocycles. The van der Waals surface area contributed by atoms with E-state index in [0.29, 0.717) is 5.92 Å². The summed E-state index contributed by atoms with van der Waals surface area (Å²) in [7, 11) is -1.80. The van der Waals surface area contributed by atoms with Crippen molar-refractivity contribution in [1.82, 2.24) is 0 Å². The van der Waals surface area contributed by atoms with Crippen LogP contribution >= 0.6 is 0 Å². The van der Waals surface area contributed by atoms with Crippen LogP contribution in [0.3, 0.4) is 0 Å². The molecule has 0 saturated heterocycles. The lowest BCUT2D eigenvalue weighted by Gasteiger charge is -2.49. The van der Waals surface area contributed by atoms with Crippen LogP contribution in [0.1, 0.15) is 59.9 Å². The van der Waals surface area contributed by atoms with Crippen LogP contribution in [0.5, 0.6) is 0 Å². The highest BCUT2D eigenvalue weighted by Crippen LogP contribution is 2.73. The van der Waals surface area contributed by atoms with Gasteiger partial charge in [-0.1, -0.05) is 71.9 Å². The van der Waals surface area contributed by atoms with Gasteiger partial charge < -0.3 is 9.53 Å². The largest absolute Gasteiger partial charge is 0.410 e. The number of rotatable bonds is 6. The van der Waals surface area contributed by atoms with E-state index in [-0.39, 0.29) is 16.9 Å². The Balaban J connectivity index is 2.12. The zero-order chi connectivity index (χ0) is 18.5. The summed E-state index contributed by atoms with van der Waals surface area (Å²) in [4.78, 5) is 0. The lowest BCUT2D eigenvalue weighted by atomic mass is 9.62. The van der Waals surface area contributed by atoms with Gasteiger partial charge in [0.2, 0.25) is 0 Å². The normalized spacial score (nSPS) is 36.8. The van der Waals surface area contributed by atoms with Crippen molar-refractivity contribution in [2.45, 2.75) is 84.2 Å². The molecule has 2 fully saturated rings. The highest BCUT2D eigenvalue weighted by atomic mass is 28.4. The van der Waals surface area contributed by atoms with Crippen LogP contribution in [0.25, 0.3) is 0 Å². The van der Waals surface area contributed by atoms with Gasteiger partial charge in [0.15, 0.2) is 8.32 Å². The quantitative estimate of drug-likeness (QED) is 0.657. The molecule has 0 radical (unpaired) electrons. The minimum absolute atomic E-state index is 0.0739. The maximum absolute atomic E-state index is 12.3. The first-order valence-electron chi connectivity index (χ1n) is 10.2. The van der Waals surface area contributed by atoms with E-state index >= 15 is 0 Å². The molecule has 4 atom stereocenters. The molecule has 2 aliphatic rings. The highest BCUT2D eigenvalue weighted by molar-refractivity contribution is 6.73. The molecular weight excluding hydrogens is 324 g/mol. The van der Waals surface area contributed by atoms with E-state index in [1.54, 1.807) is 0 Å². The van der Waals surface area contributed by atoms with Gasteiger partial charge in [0.1, 0.15) is 5.60 Å². The smallest absolute Gasteiger partial charge is 0.192 e. The molecule has 2 bridgehead atoms. The Morgan fingerprint density at radius 3 is 2.12 bits per heavy atom. The molecule has 0 aromatic heterocycles. The van der Waals surface area contributed by atoms with Crippen LogP contribution < -0.4 is 0 Å². The maximum atomic E-state index is 12.3. The van der Waals surface area contributed by atoms with Crippen LogP contribution in [0.15, 0.2) is 30.3 Å². The summed E-state index contributed by atoms with van der Waals surface area (Å²) in [5, 5.41) is 12.3. The SMILES string of the molecule is CC[Si](CC)(CC)O[C@@H]1[C@H]2CC[C@](C)(C2(C)C)[C@]1(O)c1ccccc1. The van der Waals surface area contributed by atoms with Gasteiger partial charge in [-0.2, -0.15) is 0 Å². The summed E-state index contributed by atoms with van der Waals surface area (Å²) < 4.78 is 7.04. The monoisotopic (exact) mass is 360 g/mol. The van der Waals surface area contributed by atoms with Gasteiger partial charge in [0.25, 0.3) is 0 Å². The van der Waals surface area contributed by atoms with Crippen molar-refractivity contribution >= 4 is 8.32 Å². The Labute approximate surface area is 155 Å². The van der Waals surface area contributed by atoms with Gasteiger partial charge in [-0.15, -0.1) is 0 Å². The third-order valence-corrected chi connectivity index (χ3v) is 13.1. The molecule has 0 spiro atoms. The molecular formula is C22H36O2Si. The minimum Gasteiger partial charge on any atom is -0.410 e. The Kier molecular flexibility index (Phi) is 4.75. The molecule has 140 valence electrons. The molecule has 0 heterocycles. The van der Waals surface area contributed by atoms with Gasteiger partial charge in [-0.25, -0.2) is 0 Å². The van der Waals surface area contributed by atoms with Crippen LogP contribution in [0.2, 0.25) is 18.1 Å². The van der Waals surface area contributed by atoms with Gasteiger partial charge in [0, 0.05) is 5.41 Å². The average Bonchev–Trinajstić information content (AvgIpc) is 2.93. The van der Waals surface area contributed by atoms with Gasteiger partial charge in [0.05, 0.1) is 6.10 Å². The van der Waals surface area contributed by atoms with Crippen LogP contribution in [-0.2, 0) is 10.0 Å². The van der Waals surface area contributed by atoms with Crippen molar-refractivity contribution in [2.75, 3.05) is 0 Å². The third-order valence-electron chi connectivity index (χ3n) is 8.45. The number of hydrogen-bond donors (Lipinski definition) is 1. The molecule has 3 heteroatoms. The zero-order valence-electron chi connectivity index (χ0n) is 16.9. The second-order valence-electron chi connectivity index (χ2n) is 9.11. The fourth-order valence-corrected chi connectivity index (χ4v) is 8.84. The summed E-state index contributed by atoms with van der Waals surface area (Å²) in [5.41, 5.74) is 0.0891. The van der Waals surface area contributed by atoms with Crippen molar-refractivity contribution < 1.29 is 9.53 Å². The molecule has 3 rings (SSSR count). The fraction of sp³-hybridized carbons (Fsp3) is 0.727. The Hall–Kier alpha value is -0.643. The number of fused-ring (bicyclic) bond motifs is 2. The summed E-state index contributed by atoms with van der Waals surface area (Å²) in [6.45, 7) is 13.9. The number of aliphatic hydroxyl groups is 1. The second kappa shape index (κ2) is 6.21. The van der Waals surface area contributed by atoms with E-state index < -0.39 is 13.9 Å². The molecule has 0 unspecified atom stereocenters. The first-order chi connectivity index (χ1) is 11.7. The van der Waals surface area contributed by atoms with E-state index in [4.69, 9.17) is 4.43 Å². The van der Waals surface area contributed by atoms with E-state index in [9.17, 15) is 5.11 Å². The highest BCUT2D eigenvalue weighted by Gasteiger charge is 2.74. The van der Waals surface area contributed by atoms with Crippen LogP contribution in [0, 0.1) is 16.7 Å². The Morgan fingerprint density at radius 1 is 1.04 bits per heavy atom. The summed E-state index contributed by atoms with van der Waals surface area (Å²) in [6, 6.07) is 13.7. The Bertz CT molecular complexity index is 601. The predicted molar refractivity (Wildman–Crippen MR) is 107 cm³/mol. The molecule has 25 heavy (non-hydrogen) atoms. The summed E-state index contributed by atoms with van der Waals surface area (Å²) >= 11 is 0. The molecule has 1 aromatic carbocycles. The van der Waals surface area contributed by atoms with Crippen LogP contribution in [-0.4, -0.2) is 19.5 Å². The molecule has 2 saturated carbocycles. The first kappa shape index (κ1) is 19.1. The molecule has 1 aromatic rings. The van der Waals surface area contributed by atoms with E-state index in [1.807, 2.05) is 6.07 Å².